The largest absolute Gasteiger partial charge is 0.313 e. The Bertz CT molecular complexity index is 250. The van der Waals surface area contributed by atoms with Gasteiger partial charge in [-0.25, -0.2) is 0 Å². The van der Waals surface area contributed by atoms with Gasteiger partial charge in [0, 0.05) is 24.7 Å². The summed E-state index contributed by atoms with van der Waals surface area (Å²) in [6.07, 6.45) is 11.5. The van der Waals surface area contributed by atoms with Crippen LogP contribution in [0.4, 0.5) is 0 Å². The summed E-state index contributed by atoms with van der Waals surface area (Å²) >= 11 is 0. The molecule has 1 saturated carbocycles. The molecule has 19 heavy (non-hydrogen) atoms. The molecule has 1 saturated heterocycles. The summed E-state index contributed by atoms with van der Waals surface area (Å²) in [5.41, 5.74) is 0. The zero-order valence-corrected chi connectivity index (χ0v) is 13.3. The van der Waals surface area contributed by atoms with Crippen LogP contribution < -0.4 is 5.32 Å². The molecule has 1 N–H and O–H groups in total. The van der Waals surface area contributed by atoms with Gasteiger partial charge in [-0.2, -0.15) is 0 Å². The van der Waals surface area contributed by atoms with Crippen LogP contribution in [0.1, 0.15) is 72.1 Å². The van der Waals surface area contributed by atoms with Crippen LogP contribution in [0.15, 0.2) is 0 Å². The average Bonchev–Trinajstić information content (AvgIpc) is 2.43. The Hall–Kier alpha value is -0.0800. The minimum Gasteiger partial charge on any atom is -0.313 e. The maximum atomic E-state index is 3.68. The van der Waals surface area contributed by atoms with Crippen LogP contribution in [0.5, 0.6) is 0 Å². The topological polar surface area (TPSA) is 15.3 Å². The second kappa shape index (κ2) is 7.64. The monoisotopic (exact) mass is 266 g/mol. The Balaban J connectivity index is 1.97. The minimum atomic E-state index is 0.617. The van der Waals surface area contributed by atoms with Crippen molar-refractivity contribution >= 4 is 0 Å². The van der Waals surface area contributed by atoms with E-state index in [1.165, 1.54) is 64.5 Å². The van der Waals surface area contributed by atoms with Crippen LogP contribution in [0, 0.1) is 5.92 Å². The summed E-state index contributed by atoms with van der Waals surface area (Å²) in [5.74, 6) is 1.01. The number of rotatable bonds is 6. The van der Waals surface area contributed by atoms with Gasteiger partial charge in [0.1, 0.15) is 0 Å². The van der Waals surface area contributed by atoms with Gasteiger partial charge in [0.15, 0.2) is 0 Å². The van der Waals surface area contributed by atoms with Crippen molar-refractivity contribution in [2.45, 2.75) is 90.3 Å². The standard InChI is InChI=1S/C17H34N2/c1-4-8-16(13-18-14(2)3)19-12-7-10-15-9-5-6-11-17(15)19/h14-18H,4-13H2,1-3H3. The molecule has 0 aromatic heterocycles. The van der Waals surface area contributed by atoms with Crippen molar-refractivity contribution in [1.82, 2.24) is 10.2 Å². The normalized spacial score (nSPS) is 30.3. The second-order valence-electron chi connectivity index (χ2n) is 7.00. The third-order valence-corrected chi connectivity index (χ3v) is 5.14. The predicted molar refractivity (Wildman–Crippen MR) is 83.5 cm³/mol. The summed E-state index contributed by atoms with van der Waals surface area (Å²) in [6.45, 7) is 9.41. The molecule has 0 radical (unpaired) electrons. The highest BCUT2D eigenvalue weighted by Gasteiger charge is 2.36. The molecule has 2 nitrogen and oxygen atoms in total. The van der Waals surface area contributed by atoms with Crippen LogP contribution in [0.25, 0.3) is 0 Å². The maximum absolute atomic E-state index is 3.68. The van der Waals surface area contributed by atoms with Gasteiger partial charge in [-0.1, -0.05) is 40.0 Å². The highest BCUT2D eigenvalue weighted by atomic mass is 15.2. The SMILES string of the molecule is CCCC(CNC(C)C)N1CCCC2CCCCC21. The van der Waals surface area contributed by atoms with E-state index in [4.69, 9.17) is 0 Å². The van der Waals surface area contributed by atoms with Gasteiger partial charge in [0.2, 0.25) is 0 Å². The van der Waals surface area contributed by atoms with E-state index < -0.39 is 0 Å². The van der Waals surface area contributed by atoms with Crippen LogP contribution in [-0.4, -0.2) is 36.1 Å². The molecule has 2 fully saturated rings. The molecule has 0 aromatic rings. The number of hydrogen-bond acceptors (Lipinski definition) is 2. The molecule has 1 aliphatic carbocycles. The van der Waals surface area contributed by atoms with Crippen LogP contribution in [0.3, 0.4) is 0 Å². The number of fused-ring (bicyclic) bond motifs is 1. The van der Waals surface area contributed by atoms with E-state index in [-0.39, 0.29) is 0 Å². The molecule has 112 valence electrons. The molecule has 1 aliphatic heterocycles. The molecule has 0 spiro atoms. The molecule has 2 rings (SSSR count). The van der Waals surface area contributed by atoms with E-state index >= 15 is 0 Å². The molecule has 2 aliphatic rings. The molecule has 0 aromatic carbocycles. The third-order valence-electron chi connectivity index (χ3n) is 5.14. The summed E-state index contributed by atoms with van der Waals surface area (Å²) in [5, 5.41) is 3.68. The van der Waals surface area contributed by atoms with Gasteiger partial charge >= 0.3 is 0 Å². The molecule has 3 unspecified atom stereocenters. The van der Waals surface area contributed by atoms with Crippen molar-refractivity contribution < 1.29 is 0 Å². The fraction of sp³-hybridized carbons (Fsp3) is 1.00. The minimum absolute atomic E-state index is 0.617. The number of hydrogen-bond donors (Lipinski definition) is 1. The Morgan fingerprint density at radius 2 is 1.84 bits per heavy atom. The van der Waals surface area contributed by atoms with Crippen LogP contribution in [0.2, 0.25) is 0 Å². The highest BCUT2D eigenvalue weighted by molar-refractivity contribution is 4.91. The zero-order chi connectivity index (χ0) is 13.7. The van der Waals surface area contributed by atoms with Gasteiger partial charge in [-0.15, -0.1) is 0 Å². The summed E-state index contributed by atoms with van der Waals surface area (Å²) < 4.78 is 0. The lowest BCUT2D eigenvalue weighted by atomic mass is 9.77. The number of nitrogens with zero attached hydrogens (tertiary/aromatic N) is 1. The maximum Gasteiger partial charge on any atom is 0.0223 e. The van der Waals surface area contributed by atoms with Crippen molar-refractivity contribution in [2.75, 3.05) is 13.1 Å². The Morgan fingerprint density at radius 3 is 2.58 bits per heavy atom. The molecule has 0 amide bonds. The lowest BCUT2D eigenvalue weighted by molar-refractivity contribution is 0.0220. The van der Waals surface area contributed by atoms with E-state index in [9.17, 15) is 0 Å². The first-order chi connectivity index (χ1) is 9.22. The summed E-state index contributed by atoms with van der Waals surface area (Å²) in [4.78, 5) is 2.90. The second-order valence-corrected chi connectivity index (χ2v) is 7.00. The molecule has 2 heteroatoms. The zero-order valence-electron chi connectivity index (χ0n) is 13.3. The number of nitrogens with one attached hydrogen (secondary N) is 1. The first kappa shape index (κ1) is 15.3. The van der Waals surface area contributed by atoms with Gasteiger partial charge < -0.3 is 5.32 Å². The molecule has 0 bridgehead atoms. The van der Waals surface area contributed by atoms with Crippen molar-refractivity contribution in [3.8, 4) is 0 Å². The molecular formula is C17H34N2. The number of likely N-dealkylation sites (tertiary alicyclic amines) is 1. The molecular weight excluding hydrogens is 232 g/mol. The first-order valence-corrected chi connectivity index (χ1v) is 8.71. The van der Waals surface area contributed by atoms with Crippen molar-refractivity contribution in [3.05, 3.63) is 0 Å². The van der Waals surface area contributed by atoms with Crippen LogP contribution >= 0.6 is 0 Å². The van der Waals surface area contributed by atoms with E-state index in [1.807, 2.05) is 0 Å². The smallest absolute Gasteiger partial charge is 0.0223 e. The van der Waals surface area contributed by atoms with E-state index in [2.05, 4.69) is 31.0 Å². The lowest BCUT2D eigenvalue weighted by Gasteiger charge is -2.48. The quantitative estimate of drug-likeness (QED) is 0.786. The Morgan fingerprint density at radius 1 is 1.11 bits per heavy atom. The lowest BCUT2D eigenvalue weighted by Crippen LogP contribution is -2.54. The van der Waals surface area contributed by atoms with E-state index in [0.717, 1.165) is 18.0 Å². The number of piperidine rings is 1. The fourth-order valence-corrected chi connectivity index (χ4v) is 4.21. The van der Waals surface area contributed by atoms with Crippen molar-refractivity contribution in [1.29, 1.82) is 0 Å². The van der Waals surface area contributed by atoms with Gasteiger partial charge in [0.25, 0.3) is 0 Å². The summed E-state index contributed by atoms with van der Waals surface area (Å²) in [6, 6.07) is 2.30. The Kier molecular flexibility index (Phi) is 6.15. The van der Waals surface area contributed by atoms with Crippen LogP contribution in [-0.2, 0) is 0 Å². The predicted octanol–water partition coefficient (Wildman–Crippen LogP) is 3.81. The first-order valence-electron chi connectivity index (χ1n) is 8.71. The third kappa shape index (κ3) is 4.19. The fourth-order valence-electron chi connectivity index (χ4n) is 4.21. The van der Waals surface area contributed by atoms with E-state index in [0.29, 0.717) is 6.04 Å². The highest BCUT2D eigenvalue weighted by Crippen LogP contribution is 2.36. The molecule has 3 atom stereocenters. The van der Waals surface area contributed by atoms with Crippen molar-refractivity contribution in [2.24, 2.45) is 5.92 Å². The van der Waals surface area contributed by atoms with Gasteiger partial charge in [-0.05, 0) is 44.6 Å². The van der Waals surface area contributed by atoms with Gasteiger partial charge in [-0.3, -0.25) is 4.90 Å². The van der Waals surface area contributed by atoms with Crippen molar-refractivity contribution in [3.63, 3.8) is 0 Å². The average molecular weight is 266 g/mol. The van der Waals surface area contributed by atoms with Gasteiger partial charge in [0.05, 0.1) is 0 Å². The molecule has 1 heterocycles. The van der Waals surface area contributed by atoms with E-state index in [1.54, 1.807) is 0 Å². The summed E-state index contributed by atoms with van der Waals surface area (Å²) in [7, 11) is 0. The Labute approximate surface area is 120 Å².